The first-order valence-corrected chi connectivity index (χ1v) is 9.19. The summed E-state index contributed by atoms with van der Waals surface area (Å²) in [4.78, 5) is 4.03. The maximum absolute atomic E-state index is 12.1. The molecule has 0 atom stereocenters. The second-order valence-corrected chi connectivity index (χ2v) is 7.44. The fraction of sp³-hybridized carbons (Fsp3) is 0.667. The number of rotatable bonds is 8. The van der Waals surface area contributed by atoms with Crippen LogP contribution in [0.15, 0.2) is 23.4 Å². The van der Waals surface area contributed by atoms with Crippen molar-refractivity contribution < 1.29 is 8.42 Å². The highest BCUT2D eigenvalue weighted by Gasteiger charge is 2.17. The lowest BCUT2D eigenvalue weighted by Gasteiger charge is -2.10. The van der Waals surface area contributed by atoms with Crippen LogP contribution >= 0.6 is 0 Å². The molecule has 1 heterocycles. The van der Waals surface area contributed by atoms with Gasteiger partial charge in [-0.3, -0.25) is 0 Å². The molecule has 1 fully saturated rings. The monoisotopic (exact) mass is 311 g/mol. The molecule has 0 bridgehead atoms. The van der Waals surface area contributed by atoms with E-state index in [2.05, 4.69) is 15.0 Å². The first-order chi connectivity index (χ1) is 10.1. The molecule has 118 valence electrons. The summed E-state index contributed by atoms with van der Waals surface area (Å²) >= 11 is 0. The number of nitrogens with one attached hydrogen (secondary N) is 2. The third-order valence-electron chi connectivity index (χ3n) is 4.01. The van der Waals surface area contributed by atoms with Crippen molar-refractivity contribution in [3.05, 3.63) is 23.9 Å². The summed E-state index contributed by atoms with van der Waals surface area (Å²) in [7, 11) is -1.63. The van der Waals surface area contributed by atoms with Gasteiger partial charge in [-0.25, -0.2) is 18.1 Å². The highest BCUT2D eigenvalue weighted by molar-refractivity contribution is 7.89. The molecule has 2 N–H and O–H groups in total. The van der Waals surface area contributed by atoms with E-state index in [1.165, 1.54) is 25.7 Å². The quantitative estimate of drug-likeness (QED) is 0.721. The van der Waals surface area contributed by atoms with E-state index in [1.54, 1.807) is 18.3 Å². The molecule has 0 amide bonds. The minimum absolute atomic E-state index is 0.100. The van der Waals surface area contributed by atoms with Crippen LogP contribution in [0.2, 0.25) is 0 Å². The van der Waals surface area contributed by atoms with Gasteiger partial charge < -0.3 is 5.32 Å². The van der Waals surface area contributed by atoms with Crippen molar-refractivity contribution in [2.24, 2.45) is 5.92 Å². The lowest BCUT2D eigenvalue weighted by Crippen LogP contribution is -2.26. The molecule has 5 nitrogen and oxygen atoms in total. The van der Waals surface area contributed by atoms with Gasteiger partial charge in [-0.05, 0) is 37.4 Å². The smallest absolute Gasteiger partial charge is 0.258 e. The topological polar surface area (TPSA) is 71.1 Å². The standard InChI is InChI=1S/C15H25N3O2S/c1-16-11-14-8-9-15(17-12-14)21(19,20)18-10-4-7-13-5-2-3-6-13/h8-9,12-13,16,18H,2-7,10-11H2,1H3. The Kier molecular flexibility index (Phi) is 6.14. The minimum atomic E-state index is -3.47. The lowest BCUT2D eigenvalue weighted by atomic mass is 10.0. The zero-order valence-electron chi connectivity index (χ0n) is 12.6. The molecule has 21 heavy (non-hydrogen) atoms. The second kappa shape index (κ2) is 7.87. The molecule has 0 radical (unpaired) electrons. The van der Waals surface area contributed by atoms with E-state index in [4.69, 9.17) is 0 Å². The summed E-state index contributed by atoms with van der Waals surface area (Å²) in [5.74, 6) is 0.799. The summed E-state index contributed by atoms with van der Waals surface area (Å²) in [5, 5.41) is 3.11. The molecule has 1 saturated carbocycles. The average Bonchev–Trinajstić information content (AvgIpc) is 2.98. The Morgan fingerprint density at radius 2 is 2.05 bits per heavy atom. The fourth-order valence-electron chi connectivity index (χ4n) is 2.85. The molecule has 2 rings (SSSR count). The van der Waals surface area contributed by atoms with Crippen LogP contribution in [0, 0.1) is 5.92 Å². The Morgan fingerprint density at radius 3 is 2.67 bits per heavy atom. The molecule has 1 aliphatic carbocycles. The van der Waals surface area contributed by atoms with Crippen LogP contribution in [0.25, 0.3) is 0 Å². The first kappa shape index (κ1) is 16.4. The van der Waals surface area contributed by atoms with Crippen molar-refractivity contribution in [3.8, 4) is 0 Å². The number of hydrogen-bond donors (Lipinski definition) is 2. The van der Waals surface area contributed by atoms with Gasteiger partial charge in [-0.15, -0.1) is 0 Å². The van der Waals surface area contributed by atoms with E-state index >= 15 is 0 Å². The van der Waals surface area contributed by atoms with Gasteiger partial charge in [-0.2, -0.15) is 0 Å². The maximum atomic E-state index is 12.1. The average molecular weight is 311 g/mol. The van der Waals surface area contributed by atoms with Crippen LogP contribution in [0.1, 0.15) is 44.1 Å². The molecule has 1 aromatic rings. The zero-order chi connectivity index (χ0) is 15.1. The zero-order valence-corrected chi connectivity index (χ0v) is 13.5. The molecule has 0 aromatic carbocycles. The van der Waals surface area contributed by atoms with Gasteiger partial charge in [0.1, 0.15) is 0 Å². The van der Waals surface area contributed by atoms with E-state index < -0.39 is 10.0 Å². The number of aromatic nitrogens is 1. The molecular weight excluding hydrogens is 286 g/mol. The largest absolute Gasteiger partial charge is 0.316 e. The molecule has 0 spiro atoms. The molecule has 0 unspecified atom stereocenters. The van der Waals surface area contributed by atoms with E-state index in [9.17, 15) is 8.42 Å². The van der Waals surface area contributed by atoms with Gasteiger partial charge in [0.15, 0.2) is 5.03 Å². The molecule has 1 aliphatic rings. The van der Waals surface area contributed by atoms with Crippen LogP contribution in [0.4, 0.5) is 0 Å². The first-order valence-electron chi connectivity index (χ1n) is 7.71. The summed E-state index contributed by atoms with van der Waals surface area (Å²) in [5.41, 5.74) is 0.970. The van der Waals surface area contributed by atoms with E-state index in [0.717, 1.165) is 24.3 Å². The third kappa shape index (κ3) is 5.05. The third-order valence-corrected chi connectivity index (χ3v) is 5.39. The summed E-state index contributed by atoms with van der Waals surface area (Å²) in [6.07, 6.45) is 8.91. The van der Waals surface area contributed by atoms with Crippen LogP contribution in [-0.2, 0) is 16.6 Å². The minimum Gasteiger partial charge on any atom is -0.316 e. The van der Waals surface area contributed by atoms with Crippen LogP contribution in [0.5, 0.6) is 0 Å². The predicted octanol–water partition coefficient (Wildman–Crippen LogP) is 2.05. The van der Waals surface area contributed by atoms with Crippen LogP contribution in [-0.4, -0.2) is 27.0 Å². The van der Waals surface area contributed by atoms with Crippen molar-refractivity contribution in [1.82, 2.24) is 15.0 Å². The highest BCUT2D eigenvalue weighted by Crippen LogP contribution is 2.28. The van der Waals surface area contributed by atoms with Gasteiger partial charge in [0.2, 0.25) is 0 Å². The molecule has 0 aliphatic heterocycles. The lowest BCUT2D eigenvalue weighted by molar-refractivity contribution is 0.480. The SMILES string of the molecule is CNCc1ccc(S(=O)(=O)NCCCC2CCCC2)nc1. The Labute approximate surface area is 127 Å². The Bertz CT molecular complexity index is 522. The summed E-state index contributed by atoms with van der Waals surface area (Å²) in [6, 6.07) is 3.35. The van der Waals surface area contributed by atoms with Crippen molar-refractivity contribution in [2.75, 3.05) is 13.6 Å². The second-order valence-electron chi connectivity index (χ2n) is 5.73. The summed E-state index contributed by atoms with van der Waals surface area (Å²) < 4.78 is 26.9. The number of sulfonamides is 1. The number of pyridine rings is 1. The summed E-state index contributed by atoms with van der Waals surface area (Å²) in [6.45, 7) is 1.18. The molecule has 6 heteroatoms. The van der Waals surface area contributed by atoms with Gasteiger partial charge in [0, 0.05) is 19.3 Å². The van der Waals surface area contributed by atoms with E-state index in [1.807, 2.05) is 7.05 Å². The molecule has 0 saturated heterocycles. The number of nitrogens with zero attached hydrogens (tertiary/aromatic N) is 1. The van der Waals surface area contributed by atoms with Gasteiger partial charge in [0.05, 0.1) is 0 Å². The fourth-order valence-corrected chi connectivity index (χ4v) is 3.85. The maximum Gasteiger partial charge on any atom is 0.258 e. The Hall–Kier alpha value is -0.980. The van der Waals surface area contributed by atoms with Crippen molar-refractivity contribution >= 4 is 10.0 Å². The molecular formula is C15H25N3O2S. The highest BCUT2D eigenvalue weighted by atomic mass is 32.2. The number of hydrogen-bond acceptors (Lipinski definition) is 4. The van der Waals surface area contributed by atoms with Crippen LogP contribution in [0.3, 0.4) is 0 Å². The normalized spacial score (nSPS) is 16.4. The van der Waals surface area contributed by atoms with Gasteiger partial charge in [0.25, 0.3) is 10.0 Å². The van der Waals surface area contributed by atoms with Gasteiger partial charge in [-0.1, -0.05) is 31.7 Å². The van der Waals surface area contributed by atoms with Crippen molar-refractivity contribution in [1.29, 1.82) is 0 Å². The van der Waals surface area contributed by atoms with Crippen molar-refractivity contribution in [3.63, 3.8) is 0 Å². The van der Waals surface area contributed by atoms with Crippen LogP contribution < -0.4 is 10.0 Å². The van der Waals surface area contributed by atoms with E-state index in [0.29, 0.717) is 13.1 Å². The van der Waals surface area contributed by atoms with Crippen molar-refractivity contribution in [2.45, 2.75) is 50.1 Å². The Morgan fingerprint density at radius 1 is 1.29 bits per heavy atom. The van der Waals surface area contributed by atoms with Gasteiger partial charge >= 0.3 is 0 Å². The molecule has 1 aromatic heterocycles. The predicted molar refractivity (Wildman–Crippen MR) is 83.4 cm³/mol. The Balaban J connectivity index is 1.80. The van der Waals surface area contributed by atoms with E-state index in [-0.39, 0.29) is 5.03 Å².